The first-order valence-electron chi connectivity index (χ1n) is 8.92. The minimum Gasteiger partial charge on any atom is -0.469 e. The predicted octanol–water partition coefficient (Wildman–Crippen LogP) is 2.96. The van der Waals surface area contributed by atoms with E-state index in [0.29, 0.717) is 42.7 Å². The highest BCUT2D eigenvalue weighted by molar-refractivity contribution is 6.04. The van der Waals surface area contributed by atoms with Gasteiger partial charge in [0.15, 0.2) is 0 Å². The zero-order chi connectivity index (χ0) is 19.2. The fourth-order valence-electron chi connectivity index (χ4n) is 3.16. The predicted molar refractivity (Wildman–Crippen MR) is 101 cm³/mol. The average Bonchev–Trinajstić information content (AvgIpc) is 2.74. The number of rotatable bonds is 4. The van der Waals surface area contributed by atoms with Gasteiger partial charge in [-0.2, -0.15) is 0 Å². The van der Waals surface area contributed by atoms with E-state index < -0.39 is 0 Å². The summed E-state index contributed by atoms with van der Waals surface area (Å²) in [6.07, 6.45) is 1.23. The zero-order valence-electron chi connectivity index (χ0n) is 15.2. The van der Waals surface area contributed by atoms with Crippen molar-refractivity contribution in [3.05, 3.63) is 65.7 Å². The van der Waals surface area contributed by atoms with E-state index in [1.54, 1.807) is 53.4 Å². The van der Waals surface area contributed by atoms with Gasteiger partial charge in [0.05, 0.1) is 13.0 Å². The summed E-state index contributed by atoms with van der Waals surface area (Å²) in [5.74, 6) is -0.603. The Morgan fingerprint density at radius 3 is 2.15 bits per heavy atom. The Balaban J connectivity index is 1.58. The van der Waals surface area contributed by atoms with E-state index in [9.17, 15) is 14.4 Å². The number of amides is 2. The van der Waals surface area contributed by atoms with Crippen LogP contribution in [0, 0.1) is 5.92 Å². The summed E-state index contributed by atoms with van der Waals surface area (Å²) in [4.78, 5) is 38.1. The average molecular weight is 366 g/mol. The van der Waals surface area contributed by atoms with E-state index in [1.165, 1.54) is 7.11 Å². The Hall–Kier alpha value is -3.15. The lowest BCUT2D eigenvalue weighted by atomic mass is 9.96. The first-order valence-corrected chi connectivity index (χ1v) is 8.92. The second-order valence-electron chi connectivity index (χ2n) is 6.49. The fraction of sp³-hybridized carbons (Fsp3) is 0.286. The van der Waals surface area contributed by atoms with Crippen molar-refractivity contribution < 1.29 is 19.1 Å². The summed E-state index contributed by atoms with van der Waals surface area (Å²) < 4.78 is 4.77. The third kappa shape index (κ3) is 4.53. The highest BCUT2D eigenvalue weighted by Crippen LogP contribution is 2.21. The number of carbonyl (C=O) groups is 3. The van der Waals surface area contributed by atoms with Crippen LogP contribution in [0.1, 0.15) is 33.6 Å². The molecule has 0 radical (unpaired) electrons. The Morgan fingerprint density at radius 1 is 0.926 bits per heavy atom. The number of carbonyl (C=O) groups excluding carboxylic acids is 3. The lowest BCUT2D eigenvalue weighted by Crippen LogP contribution is -2.40. The van der Waals surface area contributed by atoms with Crippen LogP contribution in [0.25, 0.3) is 0 Å². The second kappa shape index (κ2) is 8.49. The number of nitrogens with zero attached hydrogens (tertiary/aromatic N) is 1. The molecule has 2 aromatic carbocycles. The van der Waals surface area contributed by atoms with E-state index in [2.05, 4.69) is 5.32 Å². The van der Waals surface area contributed by atoms with E-state index in [-0.39, 0.29) is 23.7 Å². The molecule has 1 aliphatic rings. The Kier molecular flexibility index (Phi) is 5.86. The van der Waals surface area contributed by atoms with Crippen molar-refractivity contribution in [1.29, 1.82) is 0 Å². The molecule has 2 aromatic rings. The Bertz CT molecular complexity index is 810. The van der Waals surface area contributed by atoms with Crippen LogP contribution in [0.4, 0.5) is 5.69 Å². The maximum Gasteiger partial charge on any atom is 0.308 e. The lowest BCUT2D eigenvalue weighted by molar-refractivity contribution is -0.146. The summed E-state index contributed by atoms with van der Waals surface area (Å²) in [7, 11) is 1.39. The molecule has 1 heterocycles. The highest BCUT2D eigenvalue weighted by Gasteiger charge is 2.28. The number of methoxy groups -OCH3 is 1. The van der Waals surface area contributed by atoms with Crippen molar-refractivity contribution in [3.8, 4) is 0 Å². The summed E-state index contributed by atoms with van der Waals surface area (Å²) in [6.45, 7) is 1.07. The summed E-state index contributed by atoms with van der Waals surface area (Å²) in [5.41, 5.74) is 1.76. The van der Waals surface area contributed by atoms with Gasteiger partial charge in [0, 0.05) is 29.9 Å². The van der Waals surface area contributed by atoms with Gasteiger partial charge in [-0.15, -0.1) is 0 Å². The maximum atomic E-state index is 12.6. The minimum atomic E-state index is -0.208. The normalized spacial score (nSPS) is 14.5. The largest absolute Gasteiger partial charge is 0.469 e. The molecule has 0 saturated carbocycles. The van der Waals surface area contributed by atoms with Gasteiger partial charge in [-0.25, -0.2) is 0 Å². The third-order valence-corrected chi connectivity index (χ3v) is 4.74. The van der Waals surface area contributed by atoms with Gasteiger partial charge in [-0.1, -0.05) is 18.2 Å². The molecule has 3 rings (SSSR count). The van der Waals surface area contributed by atoms with Gasteiger partial charge < -0.3 is 15.0 Å². The number of anilines is 1. The first-order chi connectivity index (χ1) is 13.1. The smallest absolute Gasteiger partial charge is 0.308 e. The van der Waals surface area contributed by atoms with Crippen molar-refractivity contribution in [3.63, 3.8) is 0 Å². The van der Waals surface area contributed by atoms with Gasteiger partial charge in [-0.3, -0.25) is 14.4 Å². The molecule has 1 fully saturated rings. The second-order valence-corrected chi connectivity index (χ2v) is 6.49. The van der Waals surface area contributed by atoms with Crippen LogP contribution in [0.15, 0.2) is 54.6 Å². The number of likely N-dealkylation sites (tertiary alicyclic amines) is 1. The summed E-state index contributed by atoms with van der Waals surface area (Å²) in [6, 6.07) is 15.8. The Morgan fingerprint density at radius 2 is 1.56 bits per heavy atom. The molecule has 140 valence electrons. The highest BCUT2D eigenvalue weighted by atomic mass is 16.5. The minimum absolute atomic E-state index is 0.0701. The zero-order valence-corrected chi connectivity index (χ0v) is 15.2. The number of ether oxygens (including phenoxy) is 1. The molecular formula is C21H22N2O4. The van der Waals surface area contributed by atoms with E-state index in [1.807, 2.05) is 6.07 Å². The molecular weight excluding hydrogens is 344 g/mol. The topological polar surface area (TPSA) is 75.7 Å². The van der Waals surface area contributed by atoms with Crippen molar-refractivity contribution in [2.75, 3.05) is 25.5 Å². The fourth-order valence-corrected chi connectivity index (χ4v) is 3.16. The lowest BCUT2D eigenvalue weighted by Gasteiger charge is -2.30. The van der Waals surface area contributed by atoms with Gasteiger partial charge in [0.2, 0.25) is 0 Å². The van der Waals surface area contributed by atoms with Gasteiger partial charge in [-0.05, 0) is 49.2 Å². The van der Waals surface area contributed by atoms with Crippen LogP contribution in [-0.2, 0) is 9.53 Å². The van der Waals surface area contributed by atoms with Crippen LogP contribution in [-0.4, -0.2) is 42.9 Å². The molecule has 6 nitrogen and oxygen atoms in total. The van der Waals surface area contributed by atoms with Crippen molar-refractivity contribution in [2.24, 2.45) is 5.92 Å². The number of hydrogen-bond acceptors (Lipinski definition) is 4. The molecule has 1 aliphatic heterocycles. The molecule has 0 bridgehead atoms. The number of benzene rings is 2. The van der Waals surface area contributed by atoms with Crippen molar-refractivity contribution >= 4 is 23.5 Å². The number of nitrogens with one attached hydrogen (secondary N) is 1. The molecule has 0 unspecified atom stereocenters. The van der Waals surface area contributed by atoms with E-state index >= 15 is 0 Å². The third-order valence-electron chi connectivity index (χ3n) is 4.74. The van der Waals surface area contributed by atoms with Crippen LogP contribution in [0.5, 0.6) is 0 Å². The van der Waals surface area contributed by atoms with E-state index in [4.69, 9.17) is 4.74 Å². The van der Waals surface area contributed by atoms with Crippen molar-refractivity contribution in [2.45, 2.75) is 12.8 Å². The molecule has 6 heteroatoms. The van der Waals surface area contributed by atoms with Crippen LogP contribution in [0.2, 0.25) is 0 Å². The van der Waals surface area contributed by atoms with Gasteiger partial charge in [0.25, 0.3) is 11.8 Å². The van der Waals surface area contributed by atoms with Crippen LogP contribution >= 0.6 is 0 Å². The SMILES string of the molecule is COC(=O)C1CCN(C(=O)c2ccc(NC(=O)c3ccccc3)cc2)CC1. The van der Waals surface area contributed by atoms with Gasteiger partial charge in [0.1, 0.15) is 0 Å². The summed E-state index contributed by atoms with van der Waals surface area (Å²) in [5, 5.41) is 2.81. The number of piperidine rings is 1. The number of hydrogen-bond donors (Lipinski definition) is 1. The quantitative estimate of drug-likeness (QED) is 0.844. The Labute approximate surface area is 158 Å². The van der Waals surface area contributed by atoms with E-state index in [0.717, 1.165) is 0 Å². The van der Waals surface area contributed by atoms with Gasteiger partial charge >= 0.3 is 5.97 Å². The maximum absolute atomic E-state index is 12.6. The summed E-state index contributed by atoms with van der Waals surface area (Å²) >= 11 is 0. The molecule has 1 N–H and O–H groups in total. The van der Waals surface area contributed by atoms with Crippen molar-refractivity contribution in [1.82, 2.24) is 4.90 Å². The molecule has 0 spiro atoms. The first kappa shape index (κ1) is 18.6. The molecule has 0 atom stereocenters. The monoisotopic (exact) mass is 366 g/mol. The molecule has 27 heavy (non-hydrogen) atoms. The van der Waals surface area contributed by atoms with Crippen LogP contribution < -0.4 is 5.32 Å². The van der Waals surface area contributed by atoms with Crippen LogP contribution in [0.3, 0.4) is 0 Å². The molecule has 2 amide bonds. The molecule has 1 saturated heterocycles. The molecule has 0 aromatic heterocycles. The number of esters is 1. The molecule has 0 aliphatic carbocycles. The standard InChI is InChI=1S/C21H22N2O4/c1-27-21(26)17-11-13-23(14-12-17)20(25)16-7-9-18(10-8-16)22-19(24)15-5-3-2-4-6-15/h2-10,17H,11-14H2,1H3,(H,22,24).